The van der Waals surface area contributed by atoms with Crippen molar-refractivity contribution in [3.05, 3.63) is 0 Å². The van der Waals surface area contributed by atoms with E-state index in [4.69, 9.17) is 0 Å². The van der Waals surface area contributed by atoms with Gasteiger partial charge >= 0.3 is 0 Å². The van der Waals surface area contributed by atoms with E-state index in [-0.39, 0.29) is 0 Å². The number of piperazine rings is 1. The van der Waals surface area contributed by atoms with Crippen LogP contribution in [-0.4, -0.2) is 69.2 Å². The molecule has 0 bridgehead atoms. The minimum absolute atomic E-state index is 0.583. The first-order valence-corrected chi connectivity index (χ1v) is 7.82. The van der Waals surface area contributed by atoms with Crippen LogP contribution in [0.15, 0.2) is 0 Å². The van der Waals surface area contributed by atoms with Gasteiger partial charge in [0.25, 0.3) is 0 Å². The maximum atomic E-state index is 11.4. The number of hydrogen-bond acceptors (Lipinski definition) is 4. The Labute approximate surface area is 97.8 Å². The maximum Gasteiger partial charge on any atom is 0.211 e. The summed E-state index contributed by atoms with van der Waals surface area (Å²) in [5.74, 6) is 0. The predicted molar refractivity (Wildman–Crippen MR) is 63.9 cm³/mol. The molecule has 2 rings (SSSR count). The second kappa shape index (κ2) is 5.00. The molecule has 0 aromatic heterocycles. The quantitative estimate of drug-likeness (QED) is 0.702. The van der Waals surface area contributed by atoms with Crippen molar-refractivity contribution in [3.8, 4) is 0 Å². The molecule has 16 heavy (non-hydrogen) atoms. The molecule has 2 heterocycles. The fraction of sp³-hybridized carbons (Fsp3) is 1.00. The SMILES string of the molecule is CS(=O)(=O)N1CCC(N2CCNCC2)CC1. The molecule has 0 aromatic carbocycles. The van der Waals surface area contributed by atoms with Crippen LogP contribution in [0, 0.1) is 0 Å². The van der Waals surface area contributed by atoms with Crippen LogP contribution in [0.4, 0.5) is 0 Å². The molecular formula is C10H21N3O2S. The number of nitrogens with one attached hydrogen (secondary N) is 1. The fourth-order valence-electron chi connectivity index (χ4n) is 2.59. The topological polar surface area (TPSA) is 52.7 Å². The van der Waals surface area contributed by atoms with Crippen molar-refractivity contribution in [2.24, 2.45) is 0 Å². The van der Waals surface area contributed by atoms with Crippen LogP contribution in [0.3, 0.4) is 0 Å². The normalized spacial score (nSPS) is 27.1. The van der Waals surface area contributed by atoms with Gasteiger partial charge in [-0.05, 0) is 12.8 Å². The first kappa shape index (κ1) is 12.3. The highest BCUT2D eigenvalue weighted by atomic mass is 32.2. The number of rotatable bonds is 2. The van der Waals surface area contributed by atoms with Gasteiger partial charge in [-0.3, -0.25) is 4.90 Å². The zero-order chi connectivity index (χ0) is 11.6. The van der Waals surface area contributed by atoms with Crippen LogP contribution in [0.25, 0.3) is 0 Å². The second-order valence-electron chi connectivity index (χ2n) is 4.68. The van der Waals surface area contributed by atoms with Crippen molar-refractivity contribution in [1.82, 2.24) is 14.5 Å². The lowest BCUT2D eigenvalue weighted by molar-refractivity contribution is 0.125. The third-order valence-corrected chi connectivity index (χ3v) is 4.86. The number of sulfonamides is 1. The van der Waals surface area contributed by atoms with E-state index in [1.54, 1.807) is 4.31 Å². The monoisotopic (exact) mass is 247 g/mol. The molecule has 94 valence electrons. The zero-order valence-corrected chi connectivity index (χ0v) is 10.7. The van der Waals surface area contributed by atoms with Crippen molar-refractivity contribution in [2.75, 3.05) is 45.5 Å². The summed E-state index contributed by atoms with van der Waals surface area (Å²) in [6.45, 7) is 5.70. The van der Waals surface area contributed by atoms with Crippen molar-refractivity contribution < 1.29 is 8.42 Å². The third-order valence-electron chi connectivity index (χ3n) is 3.56. The van der Waals surface area contributed by atoms with Gasteiger partial charge in [0.2, 0.25) is 10.0 Å². The van der Waals surface area contributed by atoms with Gasteiger partial charge in [-0.1, -0.05) is 0 Å². The summed E-state index contributed by atoms with van der Waals surface area (Å²) in [6.07, 6.45) is 3.26. The van der Waals surface area contributed by atoms with E-state index in [9.17, 15) is 8.42 Å². The molecule has 1 N–H and O–H groups in total. The van der Waals surface area contributed by atoms with E-state index in [1.165, 1.54) is 6.26 Å². The highest BCUT2D eigenvalue weighted by Crippen LogP contribution is 2.18. The molecule has 0 spiro atoms. The van der Waals surface area contributed by atoms with Gasteiger partial charge in [-0.2, -0.15) is 0 Å². The molecule has 0 radical (unpaired) electrons. The van der Waals surface area contributed by atoms with Crippen LogP contribution < -0.4 is 5.32 Å². The lowest BCUT2D eigenvalue weighted by Crippen LogP contribution is -2.52. The Hall–Kier alpha value is -0.170. The molecule has 0 amide bonds. The van der Waals surface area contributed by atoms with E-state index >= 15 is 0 Å². The van der Waals surface area contributed by atoms with Crippen LogP contribution in [0.5, 0.6) is 0 Å². The van der Waals surface area contributed by atoms with E-state index < -0.39 is 10.0 Å². The molecule has 2 aliphatic rings. The van der Waals surface area contributed by atoms with Gasteiger partial charge in [0.15, 0.2) is 0 Å². The van der Waals surface area contributed by atoms with Gasteiger partial charge in [-0.25, -0.2) is 12.7 Å². The summed E-state index contributed by atoms with van der Waals surface area (Å²) >= 11 is 0. The molecule has 0 unspecified atom stereocenters. The average molecular weight is 247 g/mol. The van der Waals surface area contributed by atoms with Gasteiger partial charge in [0.1, 0.15) is 0 Å². The molecule has 0 aliphatic carbocycles. The third kappa shape index (κ3) is 2.94. The Balaban J connectivity index is 1.85. The van der Waals surface area contributed by atoms with Crippen molar-refractivity contribution in [1.29, 1.82) is 0 Å². The van der Waals surface area contributed by atoms with Gasteiger partial charge in [-0.15, -0.1) is 0 Å². The maximum absolute atomic E-state index is 11.4. The minimum atomic E-state index is -2.98. The zero-order valence-electron chi connectivity index (χ0n) is 9.85. The highest BCUT2D eigenvalue weighted by Gasteiger charge is 2.28. The Kier molecular flexibility index (Phi) is 3.84. The van der Waals surface area contributed by atoms with Crippen molar-refractivity contribution in [2.45, 2.75) is 18.9 Å². The minimum Gasteiger partial charge on any atom is -0.314 e. The molecule has 0 saturated carbocycles. The number of piperidine rings is 1. The highest BCUT2D eigenvalue weighted by molar-refractivity contribution is 7.88. The number of hydrogen-bond donors (Lipinski definition) is 1. The smallest absolute Gasteiger partial charge is 0.211 e. The summed E-state index contributed by atoms with van der Waals surface area (Å²) in [6, 6.07) is 0.583. The Morgan fingerprint density at radius 3 is 2.12 bits per heavy atom. The standard InChI is InChI=1S/C10H21N3O2S/c1-16(14,15)13-6-2-10(3-7-13)12-8-4-11-5-9-12/h10-11H,2-9H2,1H3. The van der Waals surface area contributed by atoms with E-state index in [2.05, 4.69) is 10.2 Å². The second-order valence-corrected chi connectivity index (χ2v) is 6.66. The van der Waals surface area contributed by atoms with Crippen LogP contribution >= 0.6 is 0 Å². The molecule has 5 nitrogen and oxygen atoms in total. The molecule has 2 aliphatic heterocycles. The molecule has 2 fully saturated rings. The van der Waals surface area contributed by atoms with E-state index in [0.29, 0.717) is 19.1 Å². The molecule has 0 atom stereocenters. The predicted octanol–water partition coefficient (Wildman–Crippen LogP) is -0.684. The Bertz CT molecular complexity index is 317. The summed E-state index contributed by atoms with van der Waals surface area (Å²) in [5, 5.41) is 3.34. The van der Waals surface area contributed by atoms with E-state index in [1.807, 2.05) is 0 Å². The van der Waals surface area contributed by atoms with E-state index in [0.717, 1.165) is 39.0 Å². The van der Waals surface area contributed by atoms with Crippen molar-refractivity contribution >= 4 is 10.0 Å². The first-order valence-electron chi connectivity index (χ1n) is 5.97. The van der Waals surface area contributed by atoms with Gasteiger partial charge in [0.05, 0.1) is 6.26 Å². The molecule has 6 heteroatoms. The van der Waals surface area contributed by atoms with Gasteiger partial charge in [0, 0.05) is 45.3 Å². The van der Waals surface area contributed by atoms with Gasteiger partial charge < -0.3 is 5.32 Å². The Morgan fingerprint density at radius 2 is 1.62 bits per heavy atom. The summed E-state index contributed by atoms with van der Waals surface area (Å²) in [4.78, 5) is 2.50. The van der Waals surface area contributed by atoms with Crippen LogP contribution in [-0.2, 0) is 10.0 Å². The summed E-state index contributed by atoms with van der Waals surface area (Å²) < 4.78 is 24.3. The summed E-state index contributed by atoms with van der Waals surface area (Å²) in [7, 11) is -2.98. The molecule has 2 saturated heterocycles. The lowest BCUT2D eigenvalue weighted by Gasteiger charge is -2.39. The molecule has 0 aromatic rings. The molecular weight excluding hydrogens is 226 g/mol. The average Bonchev–Trinajstić information content (AvgIpc) is 2.29. The Morgan fingerprint density at radius 1 is 1.06 bits per heavy atom. The first-order chi connectivity index (χ1) is 7.57. The van der Waals surface area contributed by atoms with Crippen LogP contribution in [0.2, 0.25) is 0 Å². The van der Waals surface area contributed by atoms with Crippen LogP contribution in [0.1, 0.15) is 12.8 Å². The lowest BCUT2D eigenvalue weighted by atomic mass is 10.0. The largest absolute Gasteiger partial charge is 0.314 e. The van der Waals surface area contributed by atoms with Crippen molar-refractivity contribution in [3.63, 3.8) is 0 Å². The fourth-order valence-corrected chi connectivity index (χ4v) is 3.46. The summed E-state index contributed by atoms with van der Waals surface area (Å²) in [5.41, 5.74) is 0. The number of nitrogens with zero attached hydrogens (tertiary/aromatic N) is 2.